The summed E-state index contributed by atoms with van der Waals surface area (Å²) in [6, 6.07) is -0.553. The largest absolute Gasteiger partial charge is 0.395 e. The minimum atomic E-state index is -0.718. The first kappa shape index (κ1) is 9.62. The molecule has 3 heteroatoms. The summed E-state index contributed by atoms with van der Waals surface area (Å²) >= 11 is 0. The highest BCUT2D eigenvalue weighted by molar-refractivity contribution is 4.92. The van der Waals surface area contributed by atoms with Crippen molar-refractivity contribution < 1.29 is 10.2 Å². The Labute approximate surface area is 61.2 Å². The molecule has 2 atom stereocenters. The molecule has 0 amide bonds. The van der Waals surface area contributed by atoms with Crippen molar-refractivity contribution in [3.05, 3.63) is 12.2 Å². The second-order valence-electron chi connectivity index (χ2n) is 2.17. The second-order valence-corrected chi connectivity index (χ2v) is 2.17. The van der Waals surface area contributed by atoms with Gasteiger partial charge in [0.2, 0.25) is 0 Å². The Hall–Kier alpha value is -0.380. The minimum Gasteiger partial charge on any atom is -0.395 e. The van der Waals surface area contributed by atoms with Crippen molar-refractivity contribution in [3.8, 4) is 0 Å². The molecule has 0 aromatic heterocycles. The summed E-state index contributed by atoms with van der Waals surface area (Å²) in [6.45, 7) is 1.78. The maximum atomic E-state index is 9.08. The molecule has 10 heavy (non-hydrogen) atoms. The molecule has 0 heterocycles. The molecule has 0 bridgehead atoms. The lowest BCUT2D eigenvalue weighted by atomic mass is 10.1. The van der Waals surface area contributed by atoms with Crippen molar-refractivity contribution in [1.29, 1.82) is 0 Å². The van der Waals surface area contributed by atoms with E-state index in [1.807, 2.05) is 13.0 Å². The van der Waals surface area contributed by atoms with Crippen molar-refractivity contribution in [2.45, 2.75) is 25.5 Å². The van der Waals surface area contributed by atoms with E-state index < -0.39 is 12.1 Å². The maximum absolute atomic E-state index is 9.08. The van der Waals surface area contributed by atoms with E-state index in [0.717, 1.165) is 6.42 Å². The lowest BCUT2D eigenvalue weighted by Gasteiger charge is -2.11. The fourth-order valence-electron chi connectivity index (χ4n) is 0.526. The lowest BCUT2D eigenvalue weighted by molar-refractivity contribution is 0.144. The Morgan fingerprint density at radius 2 is 2.20 bits per heavy atom. The number of nitrogens with two attached hydrogens (primary N) is 1. The normalized spacial score (nSPS) is 17.6. The maximum Gasteiger partial charge on any atom is 0.0894 e. The molecule has 3 nitrogen and oxygen atoms in total. The van der Waals surface area contributed by atoms with E-state index in [0.29, 0.717) is 0 Å². The predicted molar refractivity (Wildman–Crippen MR) is 40.5 cm³/mol. The van der Waals surface area contributed by atoms with Gasteiger partial charge in [-0.25, -0.2) is 0 Å². The van der Waals surface area contributed by atoms with Crippen molar-refractivity contribution in [2.75, 3.05) is 6.61 Å². The molecule has 0 fully saturated rings. The van der Waals surface area contributed by atoms with E-state index in [2.05, 4.69) is 0 Å². The van der Waals surface area contributed by atoms with Gasteiger partial charge in [0, 0.05) is 0 Å². The highest BCUT2D eigenvalue weighted by Crippen LogP contribution is 1.92. The fourth-order valence-corrected chi connectivity index (χ4v) is 0.526. The third-order valence-corrected chi connectivity index (χ3v) is 1.22. The van der Waals surface area contributed by atoms with Gasteiger partial charge in [-0.05, 0) is 6.42 Å². The van der Waals surface area contributed by atoms with E-state index in [-0.39, 0.29) is 6.61 Å². The Morgan fingerprint density at radius 1 is 1.60 bits per heavy atom. The molecule has 0 aromatic carbocycles. The van der Waals surface area contributed by atoms with Gasteiger partial charge in [-0.2, -0.15) is 0 Å². The summed E-state index contributed by atoms with van der Waals surface area (Å²) in [6.07, 6.45) is 3.57. The topological polar surface area (TPSA) is 66.5 Å². The monoisotopic (exact) mass is 145 g/mol. The SMILES string of the molecule is CCC=C[C@@H](O)[C@@H](N)CO. The average molecular weight is 145 g/mol. The minimum absolute atomic E-state index is 0.185. The van der Waals surface area contributed by atoms with Gasteiger partial charge in [0.05, 0.1) is 18.8 Å². The van der Waals surface area contributed by atoms with Crippen LogP contribution < -0.4 is 5.73 Å². The molecule has 0 aliphatic heterocycles. The molecule has 0 aliphatic carbocycles. The van der Waals surface area contributed by atoms with Gasteiger partial charge >= 0.3 is 0 Å². The van der Waals surface area contributed by atoms with Crippen LogP contribution >= 0.6 is 0 Å². The molecule has 0 saturated heterocycles. The molecule has 4 N–H and O–H groups in total. The highest BCUT2D eigenvalue weighted by Gasteiger charge is 2.08. The molecule has 0 unspecified atom stereocenters. The summed E-state index contributed by atoms with van der Waals surface area (Å²) in [4.78, 5) is 0. The number of hydrogen-bond donors (Lipinski definition) is 3. The first-order valence-electron chi connectivity index (χ1n) is 3.43. The van der Waals surface area contributed by atoms with Crippen LogP contribution in [0.3, 0.4) is 0 Å². The molecule has 0 radical (unpaired) electrons. The fraction of sp³-hybridized carbons (Fsp3) is 0.714. The number of allylic oxidation sites excluding steroid dienone is 1. The van der Waals surface area contributed by atoms with Gasteiger partial charge in [0.1, 0.15) is 0 Å². The van der Waals surface area contributed by atoms with Crippen LogP contribution in [0.2, 0.25) is 0 Å². The molecular weight excluding hydrogens is 130 g/mol. The van der Waals surface area contributed by atoms with Crippen LogP contribution in [0.15, 0.2) is 12.2 Å². The zero-order valence-electron chi connectivity index (χ0n) is 6.20. The summed E-state index contributed by atoms with van der Waals surface area (Å²) in [5, 5.41) is 17.6. The first-order valence-corrected chi connectivity index (χ1v) is 3.43. The zero-order valence-corrected chi connectivity index (χ0v) is 6.20. The van der Waals surface area contributed by atoms with Crippen LogP contribution in [0.5, 0.6) is 0 Å². The third-order valence-electron chi connectivity index (χ3n) is 1.22. The summed E-state index contributed by atoms with van der Waals surface area (Å²) in [7, 11) is 0. The van der Waals surface area contributed by atoms with Crippen molar-refractivity contribution in [3.63, 3.8) is 0 Å². The molecular formula is C7H15NO2. The van der Waals surface area contributed by atoms with Crippen LogP contribution in [-0.4, -0.2) is 29.0 Å². The van der Waals surface area contributed by atoms with E-state index in [1.165, 1.54) is 0 Å². The van der Waals surface area contributed by atoms with Crippen LogP contribution in [0.25, 0.3) is 0 Å². The number of aliphatic hydroxyl groups excluding tert-OH is 2. The standard InChI is InChI=1S/C7H15NO2/c1-2-3-4-7(10)6(8)5-9/h3-4,6-7,9-10H,2,5,8H2,1H3/t6-,7+/m0/s1. The first-order chi connectivity index (χ1) is 4.72. The van der Waals surface area contributed by atoms with E-state index >= 15 is 0 Å². The number of aliphatic hydroxyl groups is 2. The van der Waals surface area contributed by atoms with Gasteiger partial charge in [-0.1, -0.05) is 19.1 Å². The Balaban J connectivity index is 3.60. The predicted octanol–water partition coefficient (Wildman–Crippen LogP) is -0.367. The average Bonchev–Trinajstić information content (AvgIpc) is 1.98. The zero-order chi connectivity index (χ0) is 7.98. The molecule has 0 aliphatic rings. The quantitative estimate of drug-likeness (QED) is 0.473. The van der Waals surface area contributed by atoms with Crippen LogP contribution in [0, 0.1) is 0 Å². The Morgan fingerprint density at radius 3 is 2.60 bits per heavy atom. The Bertz CT molecular complexity index is 104. The van der Waals surface area contributed by atoms with Crippen LogP contribution in [-0.2, 0) is 0 Å². The van der Waals surface area contributed by atoms with Gasteiger partial charge in [0.25, 0.3) is 0 Å². The molecule has 60 valence electrons. The lowest BCUT2D eigenvalue weighted by Crippen LogP contribution is -2.36. The molecule has 0 rings (SSSR count). The summed E-state index contributed by atoms with van der Waals surface area (Å²) in [5.74, 6) is 0. The number of rotatable bonds is 4. The van der Waals surface area contributed by atoms with Crippen molar-refractivity contribution in [1.82, 2.24) is 0 Å². The van der Waals surface area contributed by atoms with Crippen molar-refractivity contribution in [2.24, 2.45) is 5.73 Å². The second kappa shape index (κ2) is 5.41. The Kier molecular flexibility index (Phi) is 5.20. The van der Waals surface area contributed by atoms with Gasteiger partial charge < -0.3 is 15.9 Å². The van der Waals surface area contributed by atoms with E-state index in [4.69, 9.17) is 15.9 Å². The highest BCUT2D eigenvalue weighted by atomic mass is 16.3. The van der Waals surface area contributed by atoms with Gasteiger partial charge in [-0.3, -0.25) is 0 Å². The van der Waals surface area contributed by atoms with E-state index in [1.54, 1.807) is 6.08 Å². The molecule has 0 spiro atoms. The summed E-state index contributed by atoms with van der Waals surface area (Å²) < 4.78 is 0. The van der Waals surface area contributed by atoms with E-state index in [9.17, 15) is 0 Å². The smallest absolute Gasteiger partial charge is 0.0894 e. The van der Waals surface area contributed by atoms with Crippen LogP contribution in [0.4, 0.5) is 0 Å². The van der Waals surface area contributed by atoms with Gasteiger partial charge in [0.15, 0.2) is 0 Å². The van der Waals surface area contributed by atoms with Crippen molar-refractivity contribution >= 4 is 0 Å². The van der Waals surface area contributed by atoms with Crippen LogP contribution in [0.1, 0.15) is 13.3 Å². The molecule has 0 aromatic rings. The van der Waals surface area contributed by atoms with Gasteiger partial charge in [-0.15, -0.1) is 0 Å². The number of hydrogen-bond acceptors (Lipinski definition) is 3. The third kappa shape index (κ3) is 3.61. The summed E-state index contributed by atoms with van der Waals surface area (Å²) in [5.41, 5.74) is 5.31. The molecule has 0 saturated carbocycles.